The number of fused-ring (bicyclic) bond motifs is 2. The summed E-state index contributed by atoms with van der Waals surface area (Å²) in [5.41, 5.74) is 4.97. The number of H-pyrrole nitrogens is 1. The van der Waals surface area contributed by atoms with Crippen LogP contribution in [0.3, 0.4) is 0 Å². The number of hydrogen-bond acceptors (Lipinski definition) is 6. The van der Waals surface area contributed by atoms with E-state index < -0.39 is 0 Å². The summed E-state index contributed by atoms with van der Waals surface area (Å²) >= 11 is 1.57. The average Bonchev–Trinajstić information content (AvgIpc) is 3.59. The SMILES string of the molecule is C(#Cc1cc2ncnc(Nc3ccc4c(cnn4Cc4ccccc4)c3)c2s1)c1cn[nH]c1.Cl. The Hall–Kier alpha value is -4.19. The van der Waals surface area contributed by atoms with Gasteiger partial charge in [-0.05, 0) is 29.8 Å². The highest BCUT2D eigenvalue weighted by atomic mass is 35.5. The molecule has 0 saturated carbocycles. The molecular formula is C25H18ClN7S. The minimum atomic E-state index is 0. The van der Waals surface area contributed by atoms with Crippen LogP contribution in [0.2, 0.25) is 0 Å². The number of benzene rings is 2. The Labute approximate surface area is 205 Å². The van der Waals surface area contributed by atoms with Crippen LogP contribution in [0.25, 0.3) is 21.1 Å². The zero-order chi connectivity index (χ0) is 22.0. The molecule has 0 bridgehead atoms. The lowest BCUT2D eigenvalue weighted by molar-refractivity contribution is 0.712. The molecule has 0 radical (unpaired) electrons. The normalized spacial score (nSPS) is 10.6. The molecule has 0 unspecified atom stereocenters. The monoisotopic (exact) mass is 483 g/mol. The summed E-state index contributed by atoms with van der Waals surface area (Å²) in [6.45, 7) is 0.738. The number of anilines is 2. The second-order valence-corrected chi connectivity index (χ2v) is 8.52. The lowest BCUT2D eigenvalue weighted by Crippen LogP contribution is -2.01. The molecule has 2 N–H and O–H groups in total. The smallest absolute Gasteiger partial charge is 0.151 e. The van der Waals surface area contributed by atoms with Crippen molar-refractivity contribution in [1.82, 2.24) is 29.9 Å². The van der Waals surface area contributed by atoms with Gasteiger partial charge in [0.1, 0.15) is 6.33 Å². The van der Waals surface area contributed by atoms with E-state index in [-0.39, 0.29) is 12.4 Å². The van der Waals surface area contributed by atoms with Crippen molar-refractivity contribution < 1.29 is 0 Å². The first-order valence-corrected chi connectivity index (χ1v) is 11.2. The second-order valence-electron chi connectivity index (χ2n) is 7.47. The van der Waals surface area contributed by atoms with Gasteiger partial charge in [0.2, 0.25) is 0 Å². The molecule has 9 heteroatoms. The Morgan fingerprint density at radius 3 is 2.76 bits per heavy atom. The van der Waals surface area contributed by atoms with Gasteiger partial charge in [-0.25, -0.2) is 9.97 Å². The Morgan fingerprint density at radius 2 is 1.91 bits per heavy atom. The van der Waals surface area contributed by atoms with Crippen molar-refractivity contribution in [3.63, 3.8) is 0 Å². The molecule has 34 heavy (non-hydrogen) atoms. The first kappa shape index (κ1) is 21.6. The number of nitrogens with zero attached hydrogens (tertiary/aromatic N) is 5. The van der Waals surface area contributed by atoms with Crippen molar-refractivity contribution in [2.45, 2.75) is 6.54 Å². The van der Waals surface area contributed by atoms with Crippen molar-refractivity contribution in [3.8, 4) is 11.8 Å². The highest BCUT2D eigenvalue weighted by Gasteiger charge is 2.10. The first-order valence-electron chi connectivity index (χ1n) is 10.3. The standard InChI is InChI=1S/C25H17N7S.ClH/c1-2-4-17(5-3-1)15-32-23-9-7-20(10-19(23)14-30-32)31-25-24-22(26-16-27-25)11-21(33-24)8-6-18-12-28-29-13-18;/h1-5,7,9-14,16H,15H2,(H,28,29)(H,26,27,31);1H. The van der Waals surface area contributed by atoms with Gasteiger partial charge in [0.15, 0.2) is 5.82 Å². The Morgan fingerprint density at radius 1 is 1.00 bits per heavy atom. The molecule has 6 rings (SSSR count). The van der Waals surface area contributed by atoms with Gasteiger partial charge in [0.25, 0.3) is 0 Å². The van der Waals surface area contributed by atoms with E-state index in [9.17, 15) is 0 Å². The molecule has 0 atom stereocenters. The van der Waals surface area contributed by atoms with E-state index in [4.69, 9.17) is 0 Å². The number of nitrogens with one attached hydrogen (secondary N) is 2. The molecule has 2 aromatic carbocycles. The van der Waals surface area contributed by atoms with Crippen LogP contribution in [0, 0.1) is 11.8 Å². The van der Waals surface area contributed by atoms with Gasteiger partial charge in [-0.2, -0.15) is 10.2 Å². The number of thiophene rings is 1. The lowest BCUT2D eigenvalue weighted by atomic mass is 10.2. The predicted molar refractivity (Wildman–Crippen MR) is 138 cm³/mol. The molecule has 166 valence electrons. The molecule has 0 amide bonds. The van der Waals surface area contributed by atoms with Crippen LogP contribution in [0.1, 0.15) is 16.0 Å². The van der Waals surface area contributed by atoms with Crippen LogP contribution in [0.4, 0.5) is 11.5 Å². The van der Waals surface area contributed by atoms with E-state index in [2.05, 4.69) is 66.7 Å². The molecule has 0 saturated heterocycles. The fourth-order valence-corrected chi connectivity index (χ4v) is 4.55. The second kappa shape index (κ2) is 9.35. The van der Waals surface area contributed by atoms with E-state index in [1.807, 2.05) is 41.2 Å². The van der Waals surface area contributed by atoms with Crippen LogP contribution in [-0.4, -0.2) is 29.9 Å². The van der Waals surface area contributed by atoms with Crippen molar-refractivity contribution in [2.24, 2.45) is 0 Å². The van der Waals surface area contributed by atoms with Gasteiger partial charge in [-0.3, -0.25) is 9.78 Å². The van der Waals surface area contributed by atoms with E-state index in [0.29, 0.717) is 0 Å². The summed E-state index contributed by atoms with van der Waals surface area (Å²) in [6.07, 6.45) is 6.94. The molecule has 0 spiro atoms. The Kier molecular flexibility index (Phi) is 5.95. The summed E-state index contributed by atoms with van der Waals surface area (Å²) in [5.74, 6) is 7.04. The summed E-state index contributed by atoms with van der Waals surface area (Å²) in [5, 5.41) is 15.8. The maximum atomic E-state index is 4.58. The Bertz CT molecular complexity index is 1630. The number of rotatable bonds is 4. The number of aromatic nitrogens is 6. The topological polar surface area (TPSA) is 84.3 Å². The van der Waals surface area contributed by atoms with Gasteiger partial charge >= 0.3 is 0 Å². The highest BCUT2D eigenvalue weighted by Crippen LogP contribution is 2.31. The van der Waals surface area contributed by atoms with Crippen LogP contribution in [0.15, 0.2) is 79.5 Å². The van der Waals surface area contributed by atoms with Gasteiger partial charge < -0.3 is 5.32 Å². The third-order valence-corrected chi connectivity index (χ3v) is 6.27. The lowest BCUT2D eigenvalue weighted by Gasteiger charge is -2.07. The molecule has 7 nitrogen and oxygen atoms in total. The van der Waals surface area contributed by atoms with E-state index in [1.165, 1.54) is 5.56 Å². The van der Waals surface area contributed by atoms with Crippen LogP contribution in [-0.2, 0) is 6.54 Å². The van der Waals surface area contributed by atoms with E-state index >= 15 is 0 Å². The van der Waals surface area contributed by atoms with Gasteiger partial charge in [0, 0.05) is 17.3 Å². The number of halogens is 1. The van der Waals surface area contributed by atoms with Gasteiger partial charge in [-0.1, -0.05) is 42.2 Å². The Balaban J connectivity index is 0.00000241. The molecule has 6 aromatic rings. The molecule has 0 aliphatic carbocycles. The molecule has 0 aliphatic rings. The van der Waals surface area contributed by atoms with Gasteiger partial charge in [0.05, 0.1) is 45.1 Å². The molecule has 0 aliphatic heterocycles. The molecule has 4 heterocycles. The number of hydrogen-bond donors (Lipinski definition) is 2. The predicted octanol–water partition coefficient (Wildman–Crippen LogP) is 5.38. The average molecular weight is 484 g/mol. The fourth-order valence-electron chi connectivity index (χ4n) is 3.64. The maximum absolute atomic E-state index is 4.58. The summed E-state index contributed by atoms with van der Waals surface area (Å²) in [7, 11) is 0. The first-order chi connectivity index (χ1) is 16.3. The quantitative estimate of drug-likeness (QED) is 0.329. The van der Waals surface area contributed by atoms with Crippen LogP contribution < -0.4 is 5.32 Å². The highest BCUT2D eigenvalue weighted by molar-refractivity contribution is 7.20. The molecule has 4 aromatic heterocycles. The van der Waals surface area contributed by atoms with E-state index in [0.717, 1.165) is 49.6 Å². The van der Waals surface area contributed by atoms with Crippen LogP contribution in [0.5, 0.6) is 0 Å². The zero-order valence-electron chi connectivity index (χ0n) is 17.8. The van der Waals surface area contributed by atoms with Crippen molar-refractivity contribution >= 4 is 56.4 Å². The molecule has 0 fully saturated rings. The van der Waals surface area contributed by atoms with E-state index in [1.54, 1.807) is 30.1 Å². The summed E-state index contributed by atoms with van der Waals surface area (Å²) < 4.78 is 2.98. The van der Waals surface area contributed by atoms with Crippen molar-refractivity contribution in [3.05, 3.63) is 95.5 Å². The summed E-state index contributed by atoms with van der Waals surface area (Å²) in [6, 6.07) is 18.5. The van der Waals surface area contributed by atoms with Crippen LogP contribution >= 0.6 is 23.7 Å². The number of aromatic amines is 1. The largest absolute Gasteiger partial charge is 0.339 e. The third kappa shape index (κ3) is 4.35. The van der Waals surface area contributed by atoms with Crippen molar-refractivity contribution in [1.29, 1.82) is 0 Å². The fraction of sp³-hybridized carbons (Fsp3) is 0.0400. The maximum Gasteiger partial charge on any atom is 0.151 e. The molecular weight excluding hydrogens is 466 g/mol. The third-order valence-electron chi connectivity index (χ3n) is 5.22. The summed E-state index contributed by atoms with van der Waals surface area (Å²) in [4.78, 5) is 9.80. The minimum Gasteiger partial charge on any atom is -0.339 e. The zero-order valence-corrected chi connectivity index (χ0v) is 19.4. The van der Waals surface area contributed by atoms with Gasteiger partial charge in [-0.15, -0.1) is 23.7 Å². The minimum absolute atomic E-state index is 0. The van der Waals surface area contributed by atoms with Crippen molar-refractivity contribution in [2.75, 3.05) is 5.32 Å².